The number of carbonyl (C=O) groups is 2. The number of fused-ring (bicyclic) bond motifs is 2. The van der Waals surface area contributed by atoms with E-state index in [2.05, 4.69) is 5.10 Å². The summed E-state index contributed by atoms with van der Waals surface area (Å²) < 4.78 is 6.36. The number of carbonyl (C=O) groups excluding carboxylic acids is 2. The Morgan fingerprint density at radius 3 is 2.42 bits per heavy atom. The van der Waals surface area contributed by atoms with E-state index in [0.717, 1.165) is 10.8 Å². The minimum Gasteiger partial charge on any atom is -0.461 e. The first-order valence-corrected chi connectivity index (χ1v) is 8.38. The zero-order chi connectivity index (χ0) is 18.1. The molecule has 0 aliphatic carbocycles. The molecule has 1 aromatic heterocycles. The number of aromatic nitrogens is 2. The van der Waals surface area contributed by atoms with E-state index in [0.29, 0.717) is 16.5 Å². The molecule has 26 heavy (non-hydrogen) atoms. The number of ether oxygens (including phenoxy) is 1. The van der Waals surface area contributed by atoms with Crippen molar-refractivity contribution in [3.8, 4) is 0 Å². The number of hydrogen-bond acceptors (Lipinski definition) is 4. The Morgan fingerprint density at radius 1 is 0.923 bits per heavy atom. The van der Waals surface area contributed by atoms with Crippen LogP contribution in [0.2, 0.25) is 0 Å². The van der Waals surface area contributed by atoms with Gasteiger partial charge in [-0.15, -0.1) is 0 Å². The smallest absolute Gasteiger partial charge is 0.359 e. The molecule has 4 rings (SSSR count). The first-order chi connectivity index (χ1) is 12.7. The highest BCUT2D eigenvalue weighted by atomic mass is 16.5. The normalized spacial score (nSPS) is 11.0. The number of benzene rings is 3. The lowest BCUT2D eigenvalue weighted by molar-refractivity contribution is 0.0521. The highest BCUT2D eigenvalue weighted by Crippen LogP contribution is 2.23. The van der Waals surface area contributed by atoms with Gasteiger partial charge in [-0.05, 0) is 29.8 Å². The predicted molar refractivity (Wildman–Crippen MR) is 99.4 cm³/mol. The Morgan fingerprint density at radius 2 is 1.62 bits per heavy atom. The first kappa shape index (κ1) is 16.0. The second-order valence-electron chi connectivity index (χ2n) is 5.83. The molecule has 0 N–H and O–H groups in total. The third-order valence-electron chi connectivity index (χ3n) is 4.27. The molecule has 128 valence electrons. The fourth-order valence-electron chi connectivity index (χ4n) is 3.10. The van der Waals surface area contributed by atoms with Gasteiger partial charge in [0, 0.05) is 10.9 Å². The molecule has 0 saturated heterocycles. The van der Waals surface area contributed by atoms with Crippen LogP contribution in [0.15, 0.2) is 66.7 Å². The Balaban J connectivity index is 1.91. The summed E-state index contributed by atoms with van der Waals surface area (Å²) in [5.41, 5.74) is 1.26. The van der Waals surface area contributed by atoms with Gasteiger partial charge in [0.05, 0.1) is 12.1 Å². The molecule has 0 radical (unpaired) electrons. The van der Waals surface area contributed by atoms with Gasteiger partial charge in [0.2, 0.25) is 0 Å². The minimum atomic E-state index is -0.534. The van der Waals surface area contributed by atoms with E-state index in [-0.39, 0.29) is 18.2 Å². The molecule has 0 unspecified atom stereocenters. The van der Waals surface area contributed by atoms with Gasteiger partial charge in [0.25, 0.3) is 5.91 Å². The van der Waals surface area contributed by atoms with Crippen LogP contribution in [0.25, 0.3) is 21.7 Å². The summed E-state index contributed by atoms with van der Waals surface area (Å²) >= 11 is 0. The maximum atomic E-state index is 13.2. The van der Waals surface area contributed by atoms with Gasteiger partial charge in [0.15, 0.2) is 5.69 Å². The molecular formula is C21H16N2O3. The third kappa shape index (κ3) is 2.54. The predicted octanol–water partition coefficient (Wildman–Crippen LogP) is 4.05. The summed E-state index contributed by atoms with van der Waals surface area (Å²) in [7, 11) is 0. The van der Waals surface area contributed by atoms with Gasteiger partial charge in [0.1, 0.15) is 0 Å². The second-order valence-corrected chi connectivity index (χ2v) is 5.83. The molecule has 0 spiro atoms. The molecule has 1 heterocycles. The lowest BCUT2D eigenvalue weighted by Gasteiger charge is -2.06. The molecule has 0 atom stereocenters. The Kier molecular flexibility index (Phi) is 3.97. The van der Waals surface area contributed by atoms with Crippen molar-refractivity contribution in [1.29, 1.82) is 0 Å². The van der Waals surface area contributed by atoms with E-state index >= 15 is 0 Å². The molecule has 0 fully saturated rings. The molecular weight excluding hydrogens is 328 g/mol. The molecule has 0 saturated carbocycles. The summed E-state index contributed by atoms with van der Waals surface area (Å²) in [5, 5.41) is 6.70. The molecule has 0 amide bonds. The fraction of sp³-hybridized carbons (Fsp3) is 0.0952. The van der Waals surface area contributed by atoms with E-state index < -0.39 is 5.97 Å². The summed E-state index contributed by atoms with van der Waals surface area (Å²) in [4.78, 5) is 25.5. The van der Waals surface area contributed by atoms with Gasteiger partial charge < -0.3 is 4.74 Å². The lowest BCUT2D eigenvalue weighted by atomic mass is 10.0. The zero-order valence-electron chi connectivity index (χ0n) is 14.2. The third-order valence-corrected chi connectivity index (χ3v) is 4.27. The number of rotatable bonds is 3. The van der Waals surface area contributed by atoms with Crippen molar-refractivity contribution in [1.82, 2.24) is 9.78 Å². The summed E-state index contributed by atoms with van der Waals surface area (Å²) in [5.74, 6) is -0.818. The molecule has 0 bridgehead atoms. The minimum absolute atomic E-state index is 0.149. The topological polar surface area (TPSA) is 61.2 Å². The van der Waals surface area contributed by atoms with E-state index in [4.69, 9.17) is 4.74 Å². The Bertz CT molecular complexity index is 1140. The van der Waals surface area contributed by atoms with Gasteiger partial charge in [-0.2, -0.15) is 9.78 Å². The molecule has 0 aliphatic heterocycles. The highest BCUT2D eigenvalue weighted by Gasteiger charge is 2.22. The van der Waals surface area contributed by atoms with Crippen LogP contribution < -0.4 is 0 Å². The lowest BCUT2D eigenvalue weighted by Crippen LogP contribution is -2.15. The largest absolute Gasteiger partial charge is 0.461 e. The number of para-hydroxylation sites is 1. The van der Waals surface area contributed by atoms with E-state index in [1.54, 1.807) is 31.2 Å². The van der Waals surface area contributed by atoms with Crippen LogP contribution in [-0.4, -0.2) is 28.3 Å². The molecule has 5 nitrogen and oxygen atoms in total. The quantitative estimate of drug-likeness (QED) is 0.526. The van der Waals surface area contributed by atoms with Crippen LogP contribution >= 0.6 is 0 Å². The van der Waals surface area contributed by atoms with Gasteiger partial charge in [-0.3, -0.25) is 4.79 Å². The average molecular weight is 344 g/mol. The standard InChI is InChI=1S/C21H16N2O3/c1-2-26-21(25)19-17-11-5-6-13-18(17)23(22-19)20(24)16-12-7-9-14-8-3-4-10-15(14)16/h3-13H,2H2,1H3. The van der Waals surface area contributed by atoms with Crippen LogP contribution in [0.4, 0.5) is 0 Å². The van der Waals surface area contributed by atoms with Crippen LogP contribution in [0.1, 0.15) is 27.8 Å². The Labute approximate surface area is 149 Å². The van der Waals surface area contributed by atoms with Crippen LogP contribution in [0.3, 0.4) is 0 Å². The SMILES string of the molecule is CCOC(=O)c1nn(C(=O)c2cccc3ccccc23)c2ccccc12. The van der Waals surface area contributed by atoms with Crippen LogP contribution in [-0.2, 0) is 4.74 Å². The fourth-order valence-corrected chi connectivity index (χ4v) is 3.10. The molecule has 0 aliphatic rings. The average Bonchev–Trinajstić information content (AvgIpc) is 3.07. The van der Waals surface area contributed by atoms with Crippen molar-refractivity contribution in [2.45, 2.75) is 6.92 Å². The van der Waals surface area contributed by atoms with Crippen molar-refractivity contribution in [2.24, 2.45) is 0 Å². The first-order valence-electron chi connectivity index (χ1n) is 8.38. The van der Waals surface area contributed by atoms with E-state index in [1.807, 2.05) is 42.5 Å². The van der Waals surface area contributed by atoms with Crippen molar-refractivity contribution in [3.63, 3.8) is 0 Å². The summed E-state index contributed by atoms with van der Waals surface area (Å²) in [6.07, 6.45) is 0. The molecule has 5 heteroatoms. The second kappa shape index (κ2) is 6.44. The maximum absolute atomic E-state index is 13.2. The van der Waals surface area contributed by atoms with Crippen LogP contribution in [0.5, 0.6) is 0 Å². The number of nitrogens with zero attached hydrogens (tertiary/aromatic N) is 2. The molecule has 3 aromatic carbocycles. The van der Waals surface area contributed by atoms with Gasteiger partial charge in [-0.25, -0.2) is 4.79 Å². The highest BCUT2D eigenvalue weighted by molar-refractivity contribution is 6.12. The van der Waals surface area contributed by atoms with Crippen molar-refractivity contribution in [3.05, 3.63) is 78.0 Å². The monoisotopic (exact) mass is 344 g/mol. The molecule has 4 aromatic rings. The van der Waals surface area contributed by atoms with Crippen molar-refractivity contribution in [2.75, 3.05) is 6.61 Å². The zero-order valence-corrected chi connectivity index (χ0v) is 14.2. The number of hydrogen-bond donors (Lipinski definition) is 0. The number of esters is 1. The summed E-state index contributed by atoms with van der Waals surface area (Å²) in [6, 6.07) is 20.4. The maximum Gasteiger partial charge on any atom is 0.359 e. The van der Waals surface area contributed by atoms with Crippen molar-refractivity contribution < 1.29 is 14.3 Å². The van der Waals surface area contributed by atoms with E-state index in [9.17, 15) is 9.59 Å². The Hall–Kier alpha value is -3.47. The van der Waals surface area contributed by atoms with Gasteiger partial charge >= 0.3 is 5.97 Å². The van der Waals surface area contributed by atoms with E-state index in [1.165, 1.54) is 4.68 Å². The van der Waals surface area contributed by atoms with Crippen molar-refractivity contribution >= 4 is 33.6 Å². The van der Waals surface area contributed by atoms with Gasteiger partial charge in [-0.1, -0.05) is 54.6 Å². The van der Waals surface area contributed by atoms with Crippen LogP contribution in [0, 0.1) is 0 Å². The summed E-state index contributed by atoms with van der Waals surface area (Å²) in [6.45, 7) is 1.98.